The standard InChI is InChI=1S/C19H16N4O3/c24-19(20-10-13-6-7-16-17(8-13)26-12-25-16)15-9-18(22-11-21-15)23-14-4-2-1-3-5-14/h1-9,11H,10,12H2,(H,20,24)(H,21,22,23). The molecule has 1 aliphatic rings. The monoisotopic (exact) mass is 348 g/mol. The highest BCUT2D eigenvalue weighted by Gasteiger charge is 2.14. The van der Waals surface area contributed by atoms with Crippen LogP contribution in [-0.2, 0) is 6.54 Å². The van der Waals surface area contributed by atoms with Gasteiger partial charge in [0.25, 0.3) is 5.91 Å². The van der Waals surface area contributed by atoms with Crippen LogP contribution in [0, 0.1) is 0 Å². The van der Waals surface area contributed by atoms with Gasteiger partial charge in [0.05, 0.1) is 0 Å². The topological polar surface area (TPSA) is 85.4 Å². The molecular formula is C19H16N4O3. The van der Waals surface area contributed by atoms with Crippen molar-refractivity contribution in [2.45, 2.75) is 6.54 Å². The third-order valence-electron chi connectivity index (χ3n) is 3.84. The van der Waals surface area contributed by atoms with Gasteiger partial charge >= 0.3 is 0 Å². The number of nitrogens with zero attached hydrogens (tertiary/aromatic N) is 2. The first kappa shape index (κ1) is 15.9. The fourth-order valence-electron chi connectivity index (χ4n) is 2.54. The van der Waals surface area contributed by atoms with Crippen LogP contribution >= 0.6 is 0 Å². The van der Waals surface area contributed by atoms with Crippen molar-refractivity contribution in [1.29, 1.82) is 0 Å². The van der Waals surface area contributed by atoms with Crippen LogP contribution in [0.4, 0.5) is 11.5 Å². The van der Waals surface area contributed by atoms with Gasteiger partial charge in [0.1, 0.15) is 17.8 Å². The molecule has 26 heavy (non-hydrogen) atoms. The lowest BCUT2D eigenvalue weighted by Crippen LogP contribution is -2.24. The van der Waals surface area contributed by atoms with Crippen molar-refractivity contribution in [3.63, 3.8) is 0 Å². The van der Waals surface area contributed by atoms with Crippen molar-refractivity contribution < 1.29 is 14.3 Å². The third kappa shape index (κ3) is 3.56. The van der Waals surface area contributed by atoms with Crippen LogP contribution in [-0.4, -0.2) is 22.7 Å². The number of hydrogen-bond donors (Lipinski definition) is 2. The Hall–Kier alpha value is -3.61. The maximum atomic E-state index is 12.4. The van der Waals surface area contributed by atoms with E-state index in [2.05, 4.69) is 20.6 Å². The molecule has 1 aromatic heterocycles. The highest BCUT2D eigenvalue weighted by Crippen LogP contribution is 2.32. The molecule has 0 aliphatic carbocycles. The number of rotatable bonds is 5. The minimum absolute atomic E-state index is 0.225. The molecule has 130 valence electrons. The third-order valence-corrected chi connectivity index (χ3v) is 3.84. The molecule has 0 fully saturated rings. The van der Waals surface area contributed by atoms with Gasteiger partial charge in [0.15, 0.2) is 11.5 Å². The van der Waals surface area contributed by atoms with Crippen molar-refractivity contribution in [2.75, 3.05) is 12.1 Å². The predicted molar refractivity (Wildman–Crippen MR) is 95.5 cm³/mol. The van der Waals surface area contributed by atoms with Crippen LogP contribution in [0.1, 0.15) is 16.1 Å². The zero-order valence-electron chi connectivity index (χ0n) is 13.8. The quantitative estimate of drug-likeness (QED) is 0.737. The van der Waals surface area contributed by atoms with E-state index in [4.69, 9.17) is 9.47 Å². The van der Waals surface area contributed by atoms with Crippen LogP contribution in [0.15, 0.2) is 60.9 Å². The Bertz CT molecular complexity index is 931. The number of carbonyl (C=O) groups excluding carboxylic acids is 1. The molecule has 0 bridgehead atoms. The molecule has 0 radical (unpaired) electrons. The second-order valence-corrected chi connectivity index (χ2v) is 5.65. The van der Waals surface area contributed by atoms with Crippen LogP contribution in [0.25, 0.3) is 0 Å². The number of nitrogens with one attached hydrogen (secondary N) is 2. The molecule has 7 heteroatoms. The molecule has 2 N–H and O–H groups in total. The number of ether oxygens (including phenoxy) is 2. The van der Waals surface area contributed by atoms with E-state index in [0.717, 1.165) is 11.3 Å². The summed E-state index contributed by atoms with van der Waals surface area (Å²) >= 11 is 0. The summed E-state index contributed by atoms with van der Waals surface area (Å²) in [6.45, 7) is 0.587. The lowest BCUT2D eigenvalue weighted by Gasteiger charge is -2.08. The minimum Gasteiger partial charge on any atom is -0.454 e. The van der Waals surface area contributed by atoms with E-state index in [0.29, 0.717) is 29.6 Å². The van der Waals surface area contributed by atoms with Crippen molar-refractivity contribution in [3.05, 3.63) is 72.2 Å². The molecule has 2 heterocycles. The SMILES string of the molecule is O=C(NCc1ccc2c(c1)OCO2)c1cc(Nc2ccccc2)ncn1. The second kappa shape index (κ2) is 7.10. The summed E-state index contributed by atoms with van der Waals surface area (Å²) in [7, 11) is 0. The number of carbonyl (C=O) groups is 1. The largest absolute Gasteiger partial charge is 0.454 e. The van der Waals surface area contributed by atoms with E-state index in [1.807, 2.05) is 48.5 Å². The van der Waals surface area contributed by atoms with Crippen molar-refractivity contribution in [2.24, 2.45) is 0 Å². The summed E-state index contributed by atoms with van der Waals surface area (Å²) in [5, 5.41) is 5.98. The predicted octanol–water partition coefficient (Wildman–Crippen LogP) is 2.88. The van der Waals surface area contributed by atoms with Crippen LogP contribution < -0.4 is 20.1 Å². The van der Waals surface area contributed by atoms with Gasteiger partial charge in [-0.3, -0.25) is 4.79 Å². The van der Waals surface area contributed by atoms with Gasteiger partial charge in [-0.1, -0.05) is 24.3 Å². The summed E-state index contributed by atoms with van der Waals surface area (Å²) in [5.41, 5.74) is 2.09. The van der Waals surface area contributed by atoms with Crippen LogP contribution in [0.3, 0.4) is 0 Å². The van der Waals surface area contributed by atoms with Gasteiger partial charge in [0, 0.05) is 18.3 Å². The first-order chi connectivity index (χ1) is 12.8. The number of para-hydroxylation sites is 1. The normalized spacial score (nSPS) is 11.8. The highest BCUT2D eigenvalue weighted by molar-refractivity contribution is 5.92. The Kier molecular flexibility index (Phi) is 4.34. The Morgan fingerprint density at radius 1 is 1.00 bits per heavy atom. The van der Waals surface area contributed by atoms with Gasteiger partial charge in [-0.25, -0.2) is 9.97 Å². The molecular weight excluding hydrogens is 332 g/mol. The molecule has 0 saturated heterocycles. The average molecular weight is 348 g/mol. The number of amides is 1. The number of hydrogen-bond acceptors (Lipinski definition) is 6. The summed E-state index contributed by atoms with van der Waals surface area (Å²) in [5.74, 6) is 1.68. The molecule has 2 aromatic carbocycles. The van der Waals surface area contributed by atoms with E-state index < -0.39 is 0 Å². The average Bonchev–Trinajstić information content (AvgIpc) is 3.15. The molecule has 0 atom stereocenters. The second-order valence-electron chi connectivity index (χ2n) is 5.65. The Morgan fingerprint density at radius 2 is 1.85 bits per heavy atom. The maximum Gasteiger partial charge on any atom is 0.270 e. The fraction of sp³-hybridized carbons (Fsp3) is 0.105. The van der Waals surface area contributed by atoms with Gasteiger partial charge in [-0.15, -0.1) is 0 Å². The highest BCUT2D eigenvalue weighted by atomic mass is 16.7. The lowest BCUT2D eigenvalue weighted by atomic mass is 10.2. The number of aromatic nitrogens is 2. The van der Waals surface area contributed by atoms with E-state index >= 15 is 0 Å². The van der Waals surface area contributed by atoms with Crippen molar-refractivity contribution >= 4 is 17.4 Å². The van der Waals surface area contributed by atoms with E-state index in [-0.39, 0.29) is 12.7 Å². The Labute approximate surface area is 150 Å². The molecule has 0 saturated carbocycles. The summed E-state index contributed by atoms with van der Waals surface area (Å²) in [4.78, 5) is 20.6. The Morgan fingerprint density at radius 3 is 2.73 bits per heavy atom. The molecule has 1 amide bonds. The molecule has 0 spiro atoms. The van der Waals surface area contributed by atoms with Gasteiger partial charge < -0.3 is 20.1 Å². The Balaban J connectivity index is 1.41. The van der Waals surface area contributed by atoms with E-state index in [1.54, 1.807) is 6.07 Å². The summed E-state index contributed by atoms with van der Waals surface area (Å²) in [6, 6.07) is 16.8. The van der Waals surface area contributed by atoms with Crippen molar-refractivity contribution in [3.8, 4) is 11.5 Å². The van der Waals surface area contributed by atoms with Crippen LogP contribution in [0.2, 0.25) is 0 Å². The number of benzene rings is 2. The van der Waals surface area contributed by atoms with Gasteiger partial charge in [0.2, 0.25) is 6.79 Å². The first-order valence-corrected chi connectivity index (χ1v) is 8.09. The number of anilines is 2. The van der Waals surface area contributed by atoms with Gasteiger partial charge in [-0.2, -0.15) is 0 Å². The first-order valence-electron chi connectivity index (χ1n) is 8.09. The van der Waals surface area contributed by atoms with E-state index in [1.165, 1.54) is 6.33 Å². The fourth-order valence-corrected chi connectivity index (χ4v) is 2.54. The summed E-state index contributed by atoms with van der Waals surface area (Å²) in [6.07, 6.45) is 1.36. The maximum absolute atomic E-state index is 12.4. The zero-order valence-corrected chi connectivity index (χ0v) is 13.8. The molecule has 1 aliphatic heterocycles. The van der Waals surface area contributed by atoms with Gasteiger partial charge in [-0.05, 0) is 29.8 Å². The van der Waals surface area contributed by atoms with Crippen molar-refractivity contribution in [1.82, 2.24) is 15.3 Å². The van der Waals surface area contributed by atoms with Crippen LogP contribution in [0.5, 0.6) is 11.5 Å². The van der Waals surface area contributed by atoms with E-state index in [9.17, 15) is 4.79 Å². The molecule has 0 unspecified atom stereocenters. The molecule has 7 nitrogen and oxygen atoms in total. The lowest BCUT2D eigenvalue weighted by molar-refractivity contribution is 0.0945. The minimum atomic E-state index is -0.277. The molecule has 4 rings (SSSR count). The molecule has 3 aromatic rings. The zero-order chi connectivity index (χ0) is 17.8. The summed E-state index contributed by atoms with van der Waals surface area (Å²) < 4.78 is 10.6. The number of fused-ring (bicyclic) bond motifs is 1. The smallest absolute Gasteiger partial charge is 0.270 e.